The average molecular weight is 591 g/mol. The number of amides is 2. The summed E-state index contributed by atoms with van der Waals surface area (Å²) in [4.78, 5) is 24.7. The number of rotatable bonds is 32. The Labute approximate surface area is 263 Å². The number of nitrogens with one attached hydrogen (secondary N) is 2. The fourth-order valence-corrected chi connectivity index (χ4v) is 5.60. The SMILES string of the molecule is CCCC/C=C\CCCCCCCC(=O)NCCCC[C@H](NC(=O)CCCCCCCCCCCCCCC)C(C)C. The normalized spacial score (nSPS) is 12.3. The molecule has 0 aromatic carbocycles. The van der Waals surface area contributed by atoms with Crippen molar-refractivity contribution in [3.8, 4) is 0 Å². The maximum atomic E-state index is 12.5. The van der Waals surface area contributed by atoms with Gasteiger partial charge in [-0.05, 0) is 57.3 Å². The van der Waals surface area contributed by atoms with E-state index in [2.05, 4.69) is 50.5 Å². The van der Waals surface area contributed by atoms with Crippen LogP contribution in [0.1, 0.15) is 201 Å². The number of carbonyl (C=O) groups is 2. The Morgan fingerprint density at radius 1 is 0.524 bits per heavy atom. The largest absolute Gasteiger partial charge is 0.356 e. The fraction of sp³-hybridized carbons (Fsp3) is 0.895. The second-order valence-electron chi connectivity index (χ2n) is 13.2. The van der Waals surface area contributed by atoms with Crippen LogP contribution in [0.3, 0.4) is 0 Å². The molecule has 0 aliphatic rings. The molecule has 0 saturated heterocycles. The van der Waals surface area contributed by atoms with Gasteiger partial charge in [0.25, 0.3) is 0 Å². The topological polar surface area (TPSA) is 58.2 Å². The molecule has 0 aromatic heterocycles. The Bertz CT molecular complexity index is 616. The Hall–Kier alpha value is -1.32. The van der Waals surface area contributed by atoms with E-state index in [1.54, 1.807) is 0 Å². The first kappa shape index (κ1) is 40.7. The number of hydrogen-bond acceptors (Lipinski definition) is 2. The van der Waals surface area contributed by atoms with Crippen molar-refractivity contribution in [1.82, 2.24) is 10.6 Å². The van der Waals surface area contributed by atoms with Gasteiger partial charge in [-0.15, -0.1) is 0 Å². The van der Waals surface area contributed by atoms with Gasteiger partial charge in [0.1, 0.15) is 0 Å². The summed E-state index contributed by atoms with van der Waals surface area (Å²) in [5, 5.41) is 6.39. The predicted octanol–water partition coefficient (Wildman–Crippen LogP) is 11.4. The lowest BCUT2D eigenvalue weighted by Crippen LogP contribution is -2.38. The molecular formula is C38H74N2O2. The average Bonchev–Trinajstić information content (AvgIpc) is 2.97. The van der Waals surface area contributed by atoms with E-state index < -0.39 is 0 Å². The zero-order chi connectivity index (χ0) is 30.9. The van der Waals surface area contributed by atoms with Crippen LogP contribution >= 0.6 is 0 Å². The molecular weight excluding hydrogens is 516 g/mol. The Morgan fingerprint density at radius 3 is 1.50 bits per heavy atom. The second kappa shape index (κ2) is 32.6. The molecule has 0 heterocycles. The van der Waals surface area contributed by atoms with Gasteiger partial charge in [0, 0.05) is 25.4 Å². The van der Waals surface area contributed by atoms with Crippen molar-refractivity contribution in [3.63, 3.8) is 0 Å². The van der Waals surface area contributed by atoms with Crippen molar-refractivity contribution in [2.75, 3.05) is 6.54 Å². The molecule has 0 rings (SSSR count). The molecule has 0 bridgehead atoms. The molecule has 1 atom stereocenters. The van der Waals surface area contributed by atoms with E-state index in [1.165, 1.54) is 122 Å². The molecule has 0 aromatic rings. The summed E-state index contributed by atoms with van der Waals surface area (Å²) in [6.45, 7) is 9.66. The van der Waals surface area contributed by atoms with Gasteiger partial charge in [0.2, 0.25) is 11.8 Å². The van der Waals surface area contributed by atoms with Crippen molar-refractivity contribution < 1.29 is 9.59 Å². The number of hydrogen-bond donors (Lipinski definition) is 2. The number of allylic oxidation sites excluding steroid dienone is 2. The standard InChI is InChI=1S/C38H74N2O2/c1-5-7-9-11-13-15-17-18-20-22-24-26-28-33-38(42)40-36(35(3)4)31-29-30-34-39-37(41)32-27-25-23-21-19-16-14-12-10-8-6-2/h12,14,35-36H,5-11,13,15-34H2,1-4H3,(H,39,41)(H,40,42)/b14-12-/t36-/m0/s1. The van der Waals surface area contributed by atoms with Crippen molar-refractivity contribution >= 4 is 11.8 Å². The molecule has 0 fully saturated rings. The molecule has 248 valence electrons. The molecule has 42 heavy (non-hydrogen) atoms. The van der Waals surface area contributed by atoms with E-state index in [0.717, 1.165) is 45.1 Å². The van der Waals surface area contributed by atoms with Crippen LogP contribution < -0.4 is 10.6 Å². The Balaban J connectivity index is 3.65. The summed E-state index contributed by atoms with van der Waals surface area (Å²) >= 11 is 0. The smallest absolute Gasteiger partial charge is 0.220 e. The van der Waals surface area contributed by atoms with Crippen molar-refractivity contribution in [2.45, 2.75) is 207 Å². The summed E-state index contributed by atoms with van der Waals surface area (Å²) in [5.74, 6) is 0.848. The molecule has 0 radical (unpaired) electrons. The maximum absolute atomic E-state index is 12.5. The minimum Gasteiger partial charge on any atom is -0.356 e. The van der Waals surface area contributed by atoms with Crippen LogP contribution in [0, 0.1) is 5.92 Å². The fourth-order valence-electron chi connectivity index (χ4n) is 5.60. The van der Waals surface area contributed by atoms with Gasteiger partial charge >= 0.3 is 0 Å². The zero-order valence-corrected chi connectivity index (χ0v) is 28.9. The van der Waals surface area contributed by atoms with Crippen LogP contribution in [0.15, 0.2) is 12.2 Å². The van der Waals surface area contributed by atoms with Gasteiger partial charge in [-0.2, -0.15) is 0 Å². The van der Waals surface area contributed by atoms with Crippen LogP contribution in [-0.2, 0) is 9.59 Å². The minimum absolute atomic E-state index is 0.195. The lowest BCUT2D eigenvalue weighted by Gasteiger charge is -2.22. The lowest BCUT2D eigenvalue weighted by atomic mass is 9.98. The summed E-state index contributed by atoms with van der Waals surface area (Å²) in [6.07, 6.45) is 37.2. The van der Waals surface area contributed by atoms with Gasteiger partial charge in [-0.3, -0.25) is 9.59 Å². The molecule has 0 unspecified atom stereocenters. The molecule has 0 saturated carbocycles. The van der Waals surface area contributed by atoms with Gasteiger partial charge in [0.05, 0.1) is 0 Å². The Morgan fingerprint density at radius 2 is 0.976 bits per heavy atom. The predicted molar refractivity (Wildman–Crippen MR) is 185 cm³/mol. The van der Waals surface area contributed by atoms with Crippen LogP contribution in [0.4, 0.5) is 0 Å². The van der Waals surface area contributed by atoms with E-state index >= 15 is 0 Å². The maximum Gasteiger partial charge on any atom is 0.220 e. The van der Waals surface area contributed by atoms with E-state index in [9.17, 15) is 9.59 Å². The van der Waals surface area contributed by atoms with Gasteiger partial charge in [0.15, 0.2) is 0 Å². The lowest BCUT2D eigenvalue weighted by molar-refractivity contribution is -0.122. The first-order chi connectivity index (χ1) is 20.5. The monoisotopic (exact) mass is 591 g/mol. The van der Waals surface area contributed by atoms with E-state index in [-0.39, 0.29) is 17.9 Å². The third kappa shape index (κ3) is 30.1. The van der Waals surface area contributed by atoms with Crippen LogP contribution in [0.25, 0.3) is 0 Å². The highest BCUT2D eigenvalue weighted by Crippen LogP contribution is 2.14. The first-order valence-corrected chi connectivity index (χ1v) is 18.7. The van der Waals surface area contributed by atoms with Gasteiger partial charge < -0.3 is 10.6 Å². The molecule has 4 heteroatoms. The summed E-state index contributed by atoms with van der Waals surface area (Å²) in [7, 11) is 0. The van der Waals surface area contributed by atoms with Gasteiger partial charge in [-0.25, -0.2) is 0 Å². The van der Waals surface area contributed by atoms with E-state index in [1.807, 2.05) is 0 Å². The van der Waals surface area contributed by atoms with Crippen molar-refractivity contribution in [2.24, 2.45) is 5.92 Å². The summed E-state index contributed by atoms with van der Waals surface area (Å²) in [6, 6.07) is 0.238. The van der Waals surface area contributed by atoms with Crippen LogP contribution in [0.2, 0.25) is 0 Å². The quantitative estimate of drug-likeness (QED) is 0.0604. The second-order valence-corrected chi connectivity index (χ2v) is 13.2. The van der Waals surface area contributed by atoms with Crippen molar-refractivity contribution in [3.05, 3.63) is 12.2 Å². The highest BCUT2D eigenvalue weighted by molar-refractivity contribution is 5.76. The first-order valence-electron chi connectivity index (χ1n) is 18.7. The molecule has 0 aliphatic heterocycles. The number of carbonyl (C=O) groups excluding carboxylic acids is 2. The molecule has 4 nitrogen and oxygen atoms in total. The third-order valence-electron chi connectivity index (χ3n) is 8.59. The van der Waals surface area contributed by atoms with E-state index in [4.69, 9.17) is 0 Å². The molecule has 2 N–H and O–H groups in total. The molecule has 2 amide bonds. The third-order valence-corrected chi connectivity index (χ3v) is 8.59. The summed E-state index contributed by atoms with van der Waals surface area (Å²) < 4.78 is 0. The number of unbranched alkanes of at least 4 members (excludes halogenated alkanes) is 20. The highest BCUT2D eigenvalue weighted by Gasteiger charge is 2.15. The molecule has 0 aliphatic carbocycles. The van der Waals surface area contributed by atoms with Gasteiger partial charge in [-0.1, -0.05) is 149 Å². The summed E-state index contributed by atoms with van der Waals surface area (Å²) in [5.41, 5.74) is 0. The highest BCUT2D eigenvalue weighted by atomic mass is 16.2. The van der Waals surface area contributed by atoms with Crippen LogP contribution in [-0.4, -0.2) is 24.4 Å². The zero-order valence-electron chi connectivity index (χ0n) is 28.9. The minimum atomic E-state index is 0.195. The van der Waals surface area contributed by atoms with Crippen molar-refractivity contribution in [1.29, 1.82) is 0 Å². The Kier molecular flexibility index (Phi) is 31.6. The van der Waals surface area contributed by atoms with E-state index in [0.29, 0.717) is 18.8 Å². The van der Waals surface area contributed by atoms with Crippen LogP contribution in [0.5, 0.6) is 0 Å². The molecule has 0 spiro atoms.